The third-order valence-corrected chi connectivity index (χ3v) is 3.61. The minimum absolute atomic E-state index is 0.0564. The highest BCUT2D eigenvalue weighted by molar-refractivity contribution is 5.35. The van der Waals surface area contributed by atoms with Crippen molar-refractivity contribution in [2.24, 2.45) is 0 Å². The normalized spacial score (nSPS) is 20.3. The van der Waals surface area contributed by atoms with E-state index < -0.39 is 0 Å². The average molecular weight is 250 g/mol. The van der Waals surface area contributed by atoms with Gasteiger partial charge in [-0.3, -0.25) is 9.88 Å². The van der Waals surface area contributed by atoms with Crippen molar-refractivity contribution in [2.45, 2.75) is 32.4 Å². The van der Waals surface area contributed by atoms with E-state index in [1.807, 2.05) is 7.05 Å². The molecule has 2 heterocycles. The van der Waals surface area contributed by atoms with Gasteiger partial charge < -0.3 is 10.0 Å². The Kier molecular flexibility index (Phi) is 4.49. The van der Waals surface area contributed by atoms with Gasteiger partial charge in [-0.05, 0) is 25.9 Å². The van der Waals surface area contributed by atoms with E-state index in [0.717, 1.165) is 18.9 Å². The smallest absolute Gasteiger partial charge is 0.147 e. The van der Waals surface area contributed by atoms with Crippen molar-refractivity contribution >= 4 is 5.82 Å². The maximum absolute atomic E-state index is 9.08. The predicted octanol–water partition coefficient (Wildman–Crippen LogP) is 0.889. The zero-order chi connectivity index (χ0) is 13.0. The summed E-state index contributed by atoms with van der Waals surface area (Å²) in [5, 5.41) is 9.08. The minimum atomic E-state index is -0.0564. The maximum Gasteiger partial charge on any atom is 0.147 e. The second kappa shape index (κ2) is 6.11. The van der Waals surface area contributed by atoms with Gasteiger partial charge in [-0.1, -0.05) is 6.92 Å². The van der Waals surface area contributed by atoms with Crippen molar-refractivity contribution < 1.29 is 5.11 Å². The number of nitrogens with zero attached hydrogens (tertiary/aromatic N) is 4. The van der Waals surface area contributed by atoms with Crippen molar-refractivity contribution in [3.8, 4) is 0 Å². The van der Waals surface area contributed by atoms with Crippen LogP contribution in [0.25, 0.3) is 0 Å². The first-order valence-electron chi connectivity index (χ1n) is 6.61. The molecule has 100 valence electrons. The Morgan fingerprint density at radius 2 is 2.33 bits per heavy atom. The Balaban J connectivity index is 2.00. The number of rotatable bonds is 5. The predicted molar refractivity (Wildman–Crippen MR) is 71.5 cm³/mol. The van der Waals surface area contributed by atoms with Crippen LogP contribution in [0.1, 0.15) is 25.5 Å². The molecule has 1 aromatic rings. The Morgan fingerprint density at radius 3 is 3.06 bits per heavy atom. The van der Waals surface area contributed by atoms with Gasteiger partial charge >= 0.3 is 0 Å². The number of hydrogen-bond donors (Lipinski definition) is 1. The Morgan fingerprint density at radius 1 is 1.50 bits per heavy atom. The number of likely N-dealkylation sites (N-methyl/N-ethyl adjacent to an activating group) is 2. The molecule has 0 bridgehead atoms. The molecule has 1 aliphatic heterocycles. The standard InChI is InChI=1S/C13H22N4O/c1-3-17-6-4-5-12(17)9-16(2)13-8-14-7-11(10-18)15-13/h7-8,12,18H,3-6,9-10H2,1-2H3. The summed E-state index contributed by atoms with van der Waals surface area (Å²) in [4.78, 5) is 13.1. The van der Waals surface area contributed by atoms with Gasteiger partial charge in [0.1, 0.15) is 5.82 Å². The summed E-state index contributed by atoms with van der Waals surface area (Å²) in [6, 6.07) is 0.611. The first-order chi connectivity index (χ1) is 8.74. The Bertz CT molecular complexity index is 385. The molecule has 0 spiro atoms. The van der Waals surface area contributed by atoms with Crippen LogP contribution < -0.4 is 4.90 Å². The largest absolute Gasteiger partial charge is 0.390 e. The van der Waals surface area contributed by atoms with E-state index in [1.54, 1.807) is 12.4 Å². The third-order valence-electron chi connectivity index (χ3n) is 3.61. The highest BCUT2D eigenvalue weighted by Crippen LogP contribution is 2.19. The first kappa shape index (κ1) is 13.2. The van der Waals surface area contributed by atoms with Gasteiger partial charge in [0.2, 0.25) is 0 Å². The molecule has 0 radical (unpaired) electrons. The molecule has 1 unspecified atom stereocenters. The molecule has 1 saturated heterocycles. The summed E-state index contributed by atoms with van der Waals surface area (Å²) in [7, 11) is 2.04. The summed E-state index contributed by atoms with van der Waals surface area (Å²) in [5.41, 5.74) is 0.623. The minimum Gasteiger partial charge on any atom is -0.390 e. The molecular formula is C13H22N4O. The summed E-state index contributed by atoms with van der Waals surface area (Å²) >= 11 is 0. The van der Waals surface area contributed by atoms with Crippen LogP contribution in [-0.2, 0) is 6.61 Å². The molecule has 1 N–H and O–H groups in total. The lowest BCUT2D eigenvalue weighted by atomic mass is 10.2. The Labute approximate surface area is 108 Å². The van der Waals surface area contributed by atoms with Crippen molar-refractivity contribution in [2.75, 3.05) is 31.6 Å². The van der Waals surface area contributed by atoms with E-state index in [4.69, 9.17) is 5.11 Å². The fourth-order valence-electron chi connectivity index (χ4n) is 2.58. The molecule has 5 heteroatoms. The fraction of sp³-hybridized carbons (Fsp3) is 0.692. The van der Waals surface area contributed by atoms with Crippen LogP contribution >= 0.6 is 0 Å². The second-order valence-electron chi connectivity index (χ2n) is 4.83. The maximum atomic E-state index is 9.08. The number of anilines is 1. The number of aliphatic hydroxyl groups is 1. The molecule has 1 fully saturated rings. The van der Waals surface area contributed by atoms with E-state index >= 15 is 0 Å². The van der Waals surface area contributed by atoms with Gasteiger partial charge in [0.25, 0.3) is 0 Å². The van der Waals surface area contributed by atoms with Gasteiger partial charge in [0.05, 0.1) is 24.7 Å². The Hall–Kier alpha value is -1.20. The summed E-state index contributed by atoms with van der Waals surface area (Å²) in [6.07, 6.45) is 5.90. The number of aliphatic hydroxyl groups excluding tert-OH is 1. The van der Waals surface area contributed by atoms with Gasteiger partial charge in [0.15, 0.2) is 0 Å². The molecule has 18 heavy (non-hydrogen) atoms. The molecule has 0 amide bonds. The highest BCUT2D eigenvalue weighted by Gasteiger charge is 2.24. The van der Waals surface area contributed by atoms with Crippen LogP contribution in [0.5, 0.6) is 0 Å². The lowest BCUT2D eigenvalue weighted by Gasteiger charge is -2.28. The number of aromatic nitrogens is 2. The fourth-order valence-corrected chi connectivity index (χ4v) is 2.58. The van der Waals surface area contributed by atoms with Crippen LogP contribution in [0.3, 0.4) is 0 Å². The van der Waals surface area contributed by atoms with Gasteiger partial charge in [-0.2, -0.15) is 0 Å². The summed E-state index contributed by atoms with van der Waals surface area (Å²) < 4.78 is 0. The summed E-state index contributed by atoms with van der Waals surface area (Å²) in [6.45, 7) is 5.44. The van der Waals surface area contributed by atoms with E-state index in [9.17, 15) is 0 Å². The number of hydrogen-bond acceptors (Lipinski definition) is 5. The lowest BCUT2D eigenvalue weighted by molar-refractivity contribution is 0.269. The quantitative estimate of drug-likeness (QED) is 0.841. The summed E-state index contributed by atoms with van der Waals surface area (Å²) in [5.74, 6) is 0.838. The van der Waals surface area contributed by atoms with Crippen LogP contribution in [0.15, 0.2) is 12.4 Å². The molecule has 5 nitrogen and oxygen atoms in total. The molecule has 1 atom stereocenters. The first-order valence-corrected chi connectivity index (χ1v) is 6.61. The lowest BCUT2D eigenvalue weighted by Crippen LogP contribution is -2.39. The topological polar surface area (TPSA) is 52.5 Å². The SMILES string of the molecule is CCN1CCCC1CN(C)c1cncc(CO)n1. The van der Waals surface area contributed by atoms with Crippen molar-refractivity contribution in [1.29, 1.82) is 0 Å². The molecule has 1 aromatic heterocycles. The molecule has 0 aliphatic carbocycles. The highest BCUT2D eigenvalue weighted by atomic mass is 16.3. The van der Waals surface area contributed by atoms with Crippen molar-refractivity contribution in [1.82, 2.24) is 14.9 Å². The van der Waals surface area contributed by atoms with E-state index in [1.165, 1.54) is 19.4 Å². The number of likely N-dealkylation sites (tertiary alicyclic amines) is 1. The van der Waals surface area contributed by atoms with Crippen molar-refractivity contribution in [3.05, 3.63) is 18.1 Å². The van der Waals surface area contributed by atoms with E-state index in [0.29, 0.717) is 11.7 Å². The van der Waals surface area contributed by atoms with E-state index in [-0.39, 0.29) is 6.61 Å². The average Bonchev–Trinajstić information content (AvgIpc) is 2.86. The van der Waals surface area contributed by atoms with Crippen molar-refractivity contribution in [3.63, 3.8) is 0 Å². The molecule has 0 aromatic carbocycles. The monoisotopic (exact) mass is 250 g/mol. The van der Waals surface area contributed by atoms with Crippen LogP contribution in [0.2, 0.25) is 0 Å². The molecule has 2 rings (SSSR count). The van der Waals surface area contributed by atoms with Crippen LogP contribution in [-0.4, -0.2) is 52.7 Å². The molecule has 0 saturated carbocycles. The second-order valence-corrected chi connectivity index (χ2v) is 4.83. The van der Waals surface area contributed by atoms with Gasteiger partial charge in [0, 0.05) is 19.6 Å². The van der Waals surface area contributed by atoms with Gasteiger partial charge in [-0.25, -0.2) is 4.98 Å². The molecule has 1 aliphatic rings. The zero-order valence-corrected chi connectivity index (χ0v) is 11.2. The zero-order valence-electron chi connectivity index (χ0n) is 11.2. The molecular weight excluding hydrogens is 228 g/mol. The third kappa shape index (κ3) is 2.97. The van der Waals surface area contributed by atoms with E-state index in [2.05, 4.69) is 26.7 Å². The van der Waals surface area contributed by atoms with Gasteiger partial charge in [-0.15, -0.1) is 0 Å². The van der Waals surface area contributed by atoms with Crippen LogP contribution in [0.4, 0.5) is 5.82 Å². The van der Waals surface area contributed by atoms with Crippen LogP contribution in [0, 0.1) is 0 Å².